The number of hydrogen-bond acceptors (Lipinski definition) is 8. The smallest absolute Gasteiger partial charge is 0.203 e. The number of aromatic hydroxyl groups is 1. The summed E-state index contributed by atoms with van der Waals surface area (Å²) >= 11 is 0. The van der Waals surface area contributed by atoms with Gasteiger partial charge in [0.25, 0.3) is 0 Å². The van der Waals surface area contributed by atoms with Crippen LogP contribution in [0.15, 0.2) is 29.0 Å². The number of fused-ring (bicyclic) bond motifs is 3. The van der Waals surface area contributed by atoms with Gasteiger partial charge >= 0.3 is 0 Å². The summed E-state index contributed by atoms with van der Waals surface area (Å²) in [7, 11) is 0. The number of ketones is 3. The summed E-state index contributed by atoms with van der Waals surface area (Å²) < 4.78 is 0. The molecule has 4 rings (SSSR count). The van der Waals surface area contributed by atoms with E-state index in [9.17, 15) is 39.9 Å². The molecular weight excluding hydrogens is 548 g/mol. The van der Waals surface area contributed by atoms with Gasteiger partial charge in [0.05, 0.1) is 17.2 Å². The number of Topliss-reactive ketones (excluding diaryl/α,β-unsaturated/α-hetero) is 3. The maximum absolute atomic E-state index is 14.6. The molecule has 0 radical (unpaired) electrons. The van der Waals surface area contributed by atoms with E-state index in [1.165, 1.54) is 6.92 Å². The van der Waals surface area contributed by atoms with Gasteiger partial charge in [-0.2, -0.15) is 0 Å². The van der Waals surface area contributed by atoms with Crippen LogP contribution in [0.3, 0.4) is 0 Å². The lowest BCUT2D eigenvalue weighted by atomic mass is 9.40. The minimum absolute atomic E-state index is 0.0460. The lowest BCUT2D eigenvalue weighted by Gasteiger charge is -2.63. The molecule has 1 aromatic carbocycles. The number of allylic oxidation sites excluding steroid dienone is 1. The third-order valence-electron chi connectivity index (χ3n) is 11.1. The van der Waals surface area contributed by atoms with Crippen molar-refractivity contribution in [3.05, 3.63) is 45.7 Å². The highest BCUT2D eigenvalue weighted by Crippen LogP contribution is 2.67. The maximum Gasteiger partial charge on any atom is 0.203 e. The van der Waals surface area contributed by atoms with Crippen molar-refractivity contribution in [2.75, 3.05) is 0 Å². The van der Waals surface area contributed by atoms with Crippen LogP contribution in [0.4, 0.5) is 0 Å². The van der Waals surface area contributed by atoms with Gasteiger partial charge in [-0.05, 0) is 42.1 Å². The number of aliphatic hydroxyl groups excluding tert-OH is 3. The van der Waals surface area contributed by atoms with Gasteiger partial charge in [0.15, 0.2) is 17.2 Å². The predicted molar refractivity (Wildman–Crippen MR) is 164 cm³/mol. The third-order valence-corrected chi connectivity index (χ3v) is 11.1. The van der Waals surface area contributed by atoms with Crippen LogP contribution in [0, 0.1) is 28.6 Å². The molecule has 0 bridgehead atoms. The molecule has 3 aliphatic rings. The first-order chi connectivity index (χ1) is 19.6. The second-order valence-corrected chi connectivity index (χ2v) is 14.9. The first-order valence-corrected chi connectivity index (χ1v) is 15.4. The molecule has 5 N–H and O–H groups in total. The van der Waals surface area contributed by atoms with E-state index in [1.54, 1.807) is 33.8 Å². The van der Waals surface area contributed by atoms with Crippen molar-refractivity contribution >= 4 is 23.1 Å². The minimum atomic E-state index is -2.89. The Morgan fingerprint density at radius 1 is 1.05 bits per heavy atom. The fourth-order valence-corrected chi connectivity index (χ4v) is 8.56. The Bertz CT molecular complexity index is 1460. The molecule has 0 heterocycles. The number of carbonyl (C=O) groups excluding carboxylic acids is 3. The van der Waals surface area contributed by atoms with Crippen LogP contribution < -0.4 is 0 Å². The first kappa shape index (κ1) is 32.9. The number of phenols is 1. The fourth-order valence-electron chi connectivity index (χ4n) is 8.56. The molecule has 236 valence electrons. The minimum Gasteiger partial charge on any atom is -0.508 e. The molecule has 0 aliphatic heterocycles. The van der Waals surface area contributed by atoms with Gasteiger partial charge in [-0.15, -0.1) is 0 Å². The maximum atomic E-state index is 14.6. The summed E-state index contributed by atoms with van der Waals surface area (Å²) in [5.41, 5.74) is -6.73. The van der Waals surface area contributed by atoms with E-state index in [0.29, 0.717) is 17.0 Å². The normalized spacial score (nSPS) is 32.7. The quantitative estimate of drug-likeness (QED) is 0.247. The Morgan fingerprint density at radius 2 is 1.63 bits per heavy atom. The topological polar surface area (TPSA) is 152 Å². The van der Waals surface area contributed by atoms with Crippen LogP contribution in [-0.4, -0.2) is 54.6 Å². The number of benzene rings is 1. The zero-order valence-corrected chi connectivity index (χ0v) is 27.1. The molecule has 0 amide bonds. The van der Waals surface area contributed by atoms with Crippen molar-refractivity contribution in [1.82, 2.24) is 0 Å². The summed E-state index contributed by atoms with van der Waals surface area (Å²) in [4.78, 5) is 40.9. The first-order valence-electron chi connectivity index (χ1n) is 15.4. The average Bonchev–Trinajstić information content (AvgIpc) is 2.88. The molecule has 1 aromatic rings. The highest BCUT2D eigenvalue weighted by atomic mass is 16.4. The SMILES string of the molecule is CC(=O)C1=C(O)[C@]2(O)C(=O)C3=C(O)c4c(ccc(C(C)(C)CCCC(C)C)c4O)[C@@H](C)[C@]3(C)[C@@H](O)[C@]2(C)C(C(C)C)C1=O. The van der Waals surface area contributed by atoms with E-state index in [0.717, 1.165) is 26.2 Å². The van der Waals surface area contributed by atoms with E-state index in [-0.39, 0.29) is 16.9 Å². The summed E-state index contributed by atoms with van der Waals surface area (Å²) in [6, 6.07) is 3.63. The predicted octanol–water partition coefficient (Wildman–Crippen LogP) is 5.83. The Kier molecular flexibility index (Phi) is 7.89. The zero-order chi connectivity index (χ0) is 32.8. The number of carbonyl (C=O) groups is 3. The Hall–Kier alpha value is -2.97. The van der Waals surface area contributed by atoms with Crippen LogP contribution in [-0.2, 0) is 19.8 Å². The molecular formula is C35H48O8. The Balaban J connectivity index is 2.04. The fraction of sp³-hybridized carbons (Fsp3) is 0.629. The number of hydrogen-bond donors (Lipinski definition) is 5. The van der Waals surface area contributed by atoms with Crippen molar-refractivity contribution in [3.8, 4) is 5.75 Å². The van der Waals surface area contributed by atoms with Gasteiger partial charge < -0.3 is 25.5 Å². The Morgan fingerprint density at radius 3 is 2.14 bits per heavy atom. The van der Waals surface area contributed by atoms with Crippen molar-refractivity contribution in [3.63, 3.8) is 0 Å². The van der Waals surface area contributed by atoms with Gasteiger partial charge in [0.1, 0.15) is 22.8 Å². The van der Waals surface area contributed by atoms with Crippen molar-refractivity contribution in [2.45, 2.75) is 112 Å². The largest absolute Gasteiger partial charge is 0.508 e. The molecule has 1 fully saturated rings. The summed E-state index contributed by atoms with van der Waals surface area (Å²) in [5.74, 6) is -6.44. The molecule has 0 aromatic heterocycles. The molecule has 8 nitrogen and oxygen atoms in total. The number of phenolic OH excluding ortho intramolecular Hbond substituents is 1. The van der Waals surface area contributed by atoms with Gasteiger partial charge in [-0.25, -0.2) is 0 Å². The van der Waals surface area contributed by atoms with Gasteiger partial charge in [-0.1, -0.05) is 87.3 Å². The van der Waals surface area contributed by atoms with Crippen molar-refractivity contribution < 1.29 is 39.9 Å². The van der Waals surface area contributed by atoms with Crippen LogP contribution in [0.2, 0.25) is 0 Å². The van der Waals surface area contributed by atoms with Crippen LogP contribution in [0.5, 0.6) is 5.75 Å². The average molecular weight is 597 g/mol. The van der Waals surface area contributed by atoms with Gasteiger partial charge in [0, 0.05) is 22.3 Å². The molecule has 1 unspecified atom stereocenters. The van der Waals surface area contributed by atoms with Gasteiger partial charge in [0.2, 0.25) is 5.78 Å². The molecule has 43 heavy (non-hydrogen) atoms. The van der Waals surface area contributed by atoms with Crippen LogP contribution in [0.25, 0.3) is 5.76 Å². The lowest BCUT2D eigenvalue weighted by molar-refractivity contribution is -0.215. The third kappa shape index (κ3) is 4.12. The molecule has 6 atom stereocenters. The second kappa shape index (κ2) is 10.3. The second-order valence-electron chi connectivity index (χ2n) is 14.9. The number of aliphatic hydroxyl groups is 4. The van der Waals surface area contributed by atoms with E-state index < -0.39 is 80.1 Å². The highest BCUT2D eigenvalue weighted by molar-refractivity contribution is 6.24. The van der Waals surface area contributed by atoms with E-state index in [1.807, 2.05) is 19.9 Å². The molecule has 0 spiro atoms. The van der Waals surface area contributed by atoms with Crippen LogP contribution >= 0.6 is 0 Å². The standard InChI is InChI=1S/C35H48O8/c1-16(2)12-11-15-32(7,8)21-14-13-20-18(5)33(9)25(28(39)23(20)26(21)37)30(41)35(43)29(40)22(19(6)36)27(38)24(17(3)4)34(35,10)31(33)42/h13-14,16-18,24,31,37,39-40,42-43H,11-12,15H2,1-10H3/t18-,24?,31-,33+,34+,35+/m1/s1. The molecule has 3 aliphatic carbocycles. The zero-order valence-electron chi connectivity index (χ0n) is 27.1. The monoisotopic (exact) mass is 596 g/mol. The van der Waals surface area contributed by atoms with E-state index in [2.05, 4.69) is 13.8 Å². The van der Waals surface area contributed by atoms with Crippen molar-refractivity contribution in [1.29, 1.82) is 0 Å². The highest BCUT2D eigenvalue weighted by Gasteiger charge is 2.77. The lowest BCUT2D eigenvalue weighted by Crippen LogP contribution is -2.75. The molecule has 0 saturated heterocycles. The van der Waals surface area contributed by atoms with Crippen LogP contribution in [0.1, 0.15) is 111 Å². The summed E-state index contributed by atoms with van der Waals surface area (Å²) in [6.07, 6.45) is 1.08. The van der Waals surface area contributed by atoms with E-state index >= 15 is 0 Å². The van der Waals surface area contributed by atoms with Gasteiger partial charge in [-0.3, -0.25) is 14.4 Å². The Labute approximate surface area is 254 Å². The molecule has 1 saturated carbocycles. The molecule has 8 heteroatoms. The van der Waals surface area contributed by atoms with Crippen molar-refractivity contribution in [2.24, 2.45) is 28.6 Å². The summed E-state index contributed by atoms with van der Waals surface area (Å²) in [5, 5.41) is 59.5. The number of rotatable bonds is 7. The van der Waals surface area contributed by atoms with E-state index in [4.69, 9.17) is 0 Å². The summed E-state index contributed by atoms with van der Waals surface area (Å²) in [6.45, 7) is 17.5.